The first-order valence-corrected chi connectivity index (χ1v) is 12.1. The number of rotatable bonds is 8. The van der Waals surface area contributed by atoms with Gasteiger partial charge in [0.15, 0.2) is 0 Å². The van der Waals surface area contributed by atoms with Gasteiger partial charge in [-0.1, -0.05) is 31.9 Å². The molecule has 2 aliphatic rings. The fourth-order valence-corrected chi connectivity index (χ4v) is 6.45. The molecule has 1 aromatic carbocycles. The van der Waals surface area contributed by atoms with E-state index in [4.69, 9.17) is 4.74 Å². The monoisotopic (exact) mass is 408 g/mol. The molecule has 3 rings (SSSR count). The Kier molecular flexibility index (Phi) is 7.18. The molecule has 5 nitrogen and oxygen atoms in total. The normalized spacial score (nSPS) is 28.6. The Morgan fingerprint density at radius 1 is 1.07 bits per heavy atom. The summed E-state index contributed by atoms with van der Waals surface area (Å²) in [6.45, 7) is 3.44. The lowest BCUT2D eigenvalue weighted by Crippen LogP contribution is -2.47. The van der Waals surface area contributed by atoms with Crippen molar-refractivity contribution in [3.05, 3.63) is 29.8 Å². The third-order valence-electron chi connectivity index (χ3n) is 6.65. The van der Waals surface area contributed by atoms with Gasteiger partial charge in [0.05, 0.1) is 11.0 Å². The number of unbranched alkanes of at least 4 members (excludes halogenated alkanes) is 2. The Labute approximate surface area is 171 Å². The van der Waals surface area contributed by atoms with Crippen LogP contribution in [-0.2, 0) is 21.2 Å². The van der Waals surface area contributed by atoms with Crippen molar-refractivity contribution in [1.29, 1.82) is 0 Å². The first kappa shape index (κ1) is 21.8. The highest BCUT2D eigenvalue weighted by atomic mass is 32.2. The van der Waals surface area contributed by atoms with Gasteiger partial charge >= 0.3 is 0 Å². The van der Waals surface area contributed by atoms with Gasteiger partial charge in [-0.15, -0.1) is 0 Å². The van der Waals surface area contributed by atoms with Crippen LogP contribution in [0.2, 0.25) is 0 Å². The van der Waals surface area contributed by atoms with Crippen LogP contribution >= 0.6 is 0 Å². The molecule has 28 heavy (non-hydrogen) atoms. The van der Waals surface area contributed by atoms with Crippen molar-refractivity contribution in [2.75, 3.05) is 34.3 Å². The minimum Gasteiger partial charge on any atom is -0.380 e. The van der Waals surface area contributed by atoms with Crippen LogP contribution in [0, 0.1) is 11.8 Å². The van der Waals surface area contributed by atoms with Gasteiger partial charge in [-0.25, -0.2) is 8.42 Å². The smallest absolute Gasteiger partial charge is 0.243 e. The zero-order valence-electron chi connectivity index (χ0n) is 17.8. The Morgan fingerprint density at radius 2 is 1.71 bits per heavy atom. The maximum atomic E-state index is 13.2. The number of benzene rings is 1. The van der Waals surface area contributed by atoms with Crippen LogP contribution < -0.4 is 0 Å². The summed E-state index contributed by atoms with van der Waals surface area (Å²) in [5, 5.41) is 0. The standard InChI is InChI=1S/C22H36N2O3S/c1-5-6-7-8-17-9-11-20(12-10-17)28(25,26)24-15-18-13-21(23(2)3)22(27-4)14-19(18)16-24/h9-12,18-19,21-22H,5-8,13-16H2,1-4H3/t18-,19+,21-,22-/m1/s1. The molecule has 4 atom stereocenters. The average molecular weight is 409 g/mol. The summed E-state index contributed by atoms with van der Waals surface area (Å²) in [6.07, 6.45) is 6.71. The maximum absolute atomic E-state index is 13.2. The van der Waals surface area contributed by atoms with Gasteiger partial charge in [-0.05, 0) is 69.3 Å². The Hall–Kier alpha value is -0.950. The van der Waals surface area contributed by atoms with Gasteiger partial charge < -0.3 is 9.64 Å². The molecule has 1 heterocycles. The minimum atomic E-state index is -3.42. The summed E-state index contributed by atoms with van der Waals surface area (Å²) in [5.74, 6) is 0.811. The Bertz CT molecular complexity index is 733. The molecule has 1 aliphatic carbocycles. The maximum Gasteiger partial charge on any atom is 0.243 e. The highest BCUT2D eigenvalue weighted by molar-refractivity contribution is 7.89. The van der Waals surface area contributed by atoms with Crippen LogP contribution in [0.25, 0.3) is 0 Å². The van der Waals surface area contributed by atoms with E-state index in [0.29, 0.717) is 35.9 Å². The van der Waals surface area contributed by atoms with Crippen molar-refractivity contribution in [2.24, 2.45) is 11.8 Å². The summed E-state index contributed by atoms with van der Waals surface area (Å²) in [4.78, 5) is 2.65. The van der Waals surface area contributed by atoms with E-state index in [1.807, 2.05) is 12.1 Å². The average Bonchev–Trinajstić information content (AvgIpc) is 3.11. The Balaban J connectivity index is 1.68. The summed E-state index contributed by atoms with van der Waals surface area (Å²) < 4.78 is 33.8. The summed E-state index contributed by atoms with van der Waals surface area (Å²) in [7, 11) is 2.52. The SMILES string of the molecule is CCCCCc1ccc(S(=O)(=O)N2C[C@H]3C[C@@H](N(C)C)[C@H](OC)C[C@H]3C2)cc1. The van der Waals surface area contributed by atoms with Gasteiger partial charge in [0.2, 0.25) is 10.0 Å². The lowest BCUT2D eigenvalue weighted by atomic mass is 9.77. The van der Waals surface area contributed by atoms with Crippen LogP contribution in [0.4, 0.5) is 0 Å². The lowest BCUT2D eigenvalue weighted by Gasteiger charge is -2.40. The fourth-order valence-electron chi connectivity index (χ4n) is 4.90. The number of nitrogens with zero attached hydrogens (tertiary/aromatic N) is 2. The number of ether oxygens (including phenoxy) is 1. The van der Waals surface area contributed by atoms with E-state index in [0.717, 1.165) is 25.7 Å². The molecule has 1 saturated heterocycles. The van der Waals surface area contributed by atoms with Crippen molar-refractivity contribution >= 4 is 10.0 Å². The fraction of sp³-hybridized carbons (Fsp3) is 0.727. The highest BCUT2D eigenvalue weighted by Crippen LogP contribution is 2.40. The number of fused-ring (bicyclic) bond motifs is 1. The quantitative estimate of drug-likeness (QED) is 0.619. The predicted octanol–water partition coefficient (Wildman–Crippen LogP) is 3.40. The molecule has 1 aliphatic heterocycles. The van der Waals surface area contributed by atoms with Gasteiger partial charge in [-0.2, -0.15) is 4.31 Å². The van der Waals surface area contributed by atoms with Crippen LogP contribution in [0.1, 0.15) is 44.6 Å². The second-order valence-corrected chi connectivity index (χ2v) is 10.7. The molecule has 0 bridgehead atoms. The second kappa shape index (κ2) is 9.24. The Morgan fingerprint density at radius 3 is 2.29 bits per heavy atom. The molecule has 0 spiro atoms. The number of methoxy groups -OCH3 is 1. The summed E-state index contributed by atoms with van der Waals surface area (Å²) >= 11 is 0. The first-order valence-electron chi connectivity index (χ1n) is 10.6. The molecule has 0 unspecified atom stereocenters. The highest BCUT2D eigenvalue weighted by Gasteiger charge is 2.46. The molecule has 1 saturated carbocycles. The zero-order valence-corrected chi connectivity index (χ0v) is 18.6. The second-order valence-electron chi connectivity index (χ2n) is 8.72. The minimum absolute atomic E-state index is 0.182. The number of sulfonamides is 1. The van der Waals surface area contributed by atoms with Crippen LogP contribution in [0.5, 0.6) is 0 Å². The van der Waals surface area contributed by atoms with E-state index in [1.54, 1.807) is 23.5 Å². The lowest BCUT2D eigenvalue weighted by molar-refractivity contribution is -0.0209. The molecule has 0 N–H and O–H groups in total. The molecule has 2 fully saturated rings. The number of hydrogen-bond donors (Lipinski definition) is 0. The third kappa shape index (κ3) is 4.61. The molecule has 0 radical (unpaired) electrons. The molecular weight excluding hydrogens is 372 g/mol. The molecule has 6 heteroatoms. The van der Waals surface area contributed by atoms with Crippen molar-refractivity contribution in [3.8, 4) is 0 Å². The van der Waals surface area contributed by atoms with Gasteiger partial charge in [0.25, 0.3) is 0 Å². The van der Waals surface area contributed by atoms with Crippen molar-refractivity contribution in [1.82, 2.24) is 9.21 Å². The van der Waals surface area contributed by atoms with E-state index < -0.39 is 10.0 Å². The van der Waals surface area contributed by atoms with Crippen molar-refractivity contribution in [2.45, 2.75) is 62.5 Å². The summed E-state index contributed by atoms with van der Waals surface area (Å²) in [6, 6.07) is 7.90. The van der Waals surface area contributed by atoms with E-state index in [1.165, 1.54) is 18.4 Å². The third-order valence-corrected chi connectivity index (χ3v) is 8.49. The molecule has 0 aromatic heterocycles. The first-order chi connectivity index (χ1) is 13.4. The number of likely N-dealkylation sites (N-methyl/N-ethyl adjacent to an activating group) is 1. The van der Waals surface area contributed by atoms with Gasteiger partial charge in [-0.3, -0.25) is 0 Å². The van der Waals surface area contributed by atoms with Gasteiger partial charge in [0.1, 0.15) is 0 Å². The van der Waals surface area contributed by atoms with Crippen LogP contribution in [0.3, 0.4) is 0 Å². The van der Waals surface area contributed by atoms with E-state index in [9.17, 15) is 8.42 Å². The van der Waals surface area contributed by atoms with Gasteiger partial charge in [0, 0.05) is 26.2 Å². The van der Waals surface area contributed by atoms with Crippen LogP contribution in [-0.4, -0.2) is 64.1 Å². The number of aryl methyl sites for hydroxylation is 1. The van der Waals surface area contributed by atoms with Crippen LogP contribution in [0.15, 0.2) is 29.2 Å². The topological polar surface area (TPSA) is 49.9 Å². The summed E-state index contributed by atoms with van der Waals surface area (Å²) in [5.41, 5.74) is 1.22. The molecule has 0 amide bonds. The predicted molar refractivity (Wildman–Crippen MR) is 113 cm³/mol. The van der Waals surface area contributed by atoms with Crippen molar-refractivity contribution < 1.29 is 13.2 Å². The van der Waals surface area contributed by atoms with E-state index in [-0.39, 0.29) is 6.10 Å². The van der Waals surface area contributed by atoms with Crippen molar-refractivity contribution in [3.63, 3.8) is 0 Å². The largest absolute Gasteiger partial charge is 0.380 e. The van der Waals surface area contributed by atoms with E-state index >= 15 is 0 Å². The number of hydrogen-bond acceptors (Lipinski definition) is 4. The van der Waals surface area contributed by atoms with E-state index in [2.05, 4.69) is 25.9 Å². The zero-order chi connectivity index (χ0) is 20.3. The molecular formula is C22H36N2O3S. The molecule has 158 valence electrons. The molecule has 1 aromatic rings.